The summed E-state index contributed by atoms with van der Waals surface area (Å²) in [4.78, 5) is 11.5. The summed E-state index contributed by atoms with van der Waals surface area (Å²) in [5.74, 6) is 1.78. The molecule has 1 aromatic carbocycles. The molecule has 0 unspecified atom stereocenters. The van der Waals surface area contributed by atoms with Gasteiger partial charge in [0.2, 0.25) is 16.0 Å². The Bertz CT molecular complexity index is 1300. The summed E-state index contributed by atoms with van der Waals surface area (Å²) in [5, 5.41) is 3.29. The number of nitrogens with one attached hydrogen (secondary N) is 1. The lowest BCUT2D eigenvalue weighted by Gasteiger charge is -2.33. The fraction of sp³-hybridized carbons (Fsp3) is 0.440. The highest BCUT2D eigenvalue weighted by atomic mass is 32.2. The molecule has 0 aliphatic carbocycles. The van der Waals surface area contributed by atoms with Gasteiger partial charge in [0.15, 0.2) is 5.76 Å². The highest BCUT2D eigenvalue weighted by Crippen LogP contribution is 2.32. The predicted octanol–water partition coefficient (Wildman–Crippen LogP) is 3.72. The van der Waals surface area contributed by atoms with E-state index in [4.69, 9.17) is 14.1 Å². The normalized spacial score (nSPS) is 17.4. The van der Waals surface area contributed by atoms with E-state index in [0.717, 1.165) is 42.7 Å². The Morgan fingerprint density at radius 1 is 1.14 bits per heavy atom. The number of anilines is 3. The van der Waals surface area contributed by atoms with Crippen molar-refractivity contribution in [2.24, 2.45) is 0 Å². The molecule has 35 heavy (non-hydrogen) atoms. The summed E-state index contributed by atoms with van der Waals surface area (Å²) in [5.41, 5.74) is 4.70. The molecule has 1 N–H and O–H groups in total. The average molecular weight is 498 g/mol. The van der Waals surface area contributed by atoms with E-state index in [0.29, 0.717) is 42.2 Å². The smallest absolute Gasteiger partial charge is 0.227 e. The maximum Gasteiger partial charge on any atom is 0.227 e. The molecule has 3 aromatic rings. The molecular weight excluding hydrogens is 466 g/mol. The standard InChI is InChI=1S/C25H31N5O4S/c1-17-15-26-25(27-19-4-6-20(7-5-19)29-11-9-21(33-2)10-12-29)28-24(17)22-14-18-8-13-30(35(3,31)32)16-23(18)34-22/h4-7,14-15,21H,8-13,16H2,1-3H3,(H,26,27,28). The molecule has 0 saturated carbocycles. The molecule has 2 aromatic heterocycles. The lowest BCUT2D eigenvalue weighted by molar-refractivity contribution is 0.0819. The van der Waals surface area contributed by atoms with Gasteiger partial charge in [-0.15, -0.1) is 0 Å². The molecule has 10 heteroatoms. The summed E-state index contributed by atoms with van der Waals surface area (Å²) < 4.78 is 36.8. The minimum absolute atomic E-state index is 0.249. The number of methoxy groups -OCH3 is 1. The Labute approximate surface area is 206 Å². The summed E-state index contributed by atoms with van der Waals surface area (Å²) in [7, 11) is -1.47. The van der Waals surface area contributed by atoms with Crippen molar-refractivity contribution in [1.82, 2.24) is 14.3 Å². The maximum absolute atomic E-state index is 11.9. The van der Waals surface area contributed by atoms with Crippen LogP contribution in [0.2, 0.25) is 0 Å². The van der Waals surface area contributed by atoms with Crippen molar-refractivity contribution in [3.05, 3.63) is 53.4 Å². The number of hydrogen-bond acceptors (Lipinski definition) is 8. The van der Waals surface area contributed by atoms with Gasteiger partial charge >= 0.3 is 0 Å². The summed E-state index contributed by atoms with van der Waals surface area (Å²) in [6, 6.07) is 10.3. The lowest BCUT2D eigenvalue weighted by Crippen LogP contribution is -2.36. The fourth-order valence-electron chi connectivity index (χ4n) is 4.68. The number of furan rings is 1. The second-order valence-electron chi connectivity index (χ2n) is 9.22. The van der Waals surface area contributed by atoms with Gasteiger partial charge in [-0.05, 0) is 67.6 Å². The van der Waals surface area contributed by atoms with Gasteiger partial charge in [0.05, 0.1) is 18.9 Å². The Morgan fingerprint density at radius 2 is 1.89 bits per heavy atom. The number of sulfonamides is 1. The first-order chi connectivity index (χ1) is 16.8. The van der Waals surface area contributed by atoms with Crippen LogP contribution in [0.3, 0.4) is 0 Å². The van der Waals surface area contributed by atoms with Crippen molar-refractivity contribution in [2.45, 2.75) is 38.8 Å². The Morgan fingerprint density at radius 3 is 2.57 bits per heavy atom. The molecule has 4 heterocycles. The molecule has 9 nitrogen and oxygen atoms in total. The number of nitrogens with zero attached hydrogens (tertiary/aromatic N) is 4. The second kappa shape index (κ2) is 9.60. The Hall–Kier alpha value is -2.95. The number of piperidine rings is 1. The molecule has 2 aliphatic rings. The van der Waals surface area contributed by atoms with Crippen LogP contribution in [0.5, 0.6) is 0 Å². The van der Waals surface area contributed by atoms with Crippen LogP contribution in [-0.2, 0) is 27.7 Å². The van der Waals surface area contributed by atoms with Crippen molar-refractivity contribution in [3.63, 3.8) is 0 Å². The van der Waals surface area contributed by atoms with Crippen molar-refractivity contribution in [2.75, 3.05) is 43.2 Å². The number of benzene rings is 1. The zero-order valence-electron chi connectivity index (χ0n) is 20.3. The van der Waals surface area contributed by atoms with E-state index in [9.17, 15) is 8.42 Å². The van der Waals surface area contributed by atoms with Crippen LogP contribution in [0.4, 0.5) is 17.3 Å². The van der Waals surface area contributed by atoms with E-state index >= 15 is 0 Å². The average Bonchev–Trinajstić information content (AvgIpc) is 3.28. The second-order valence-corrected chi connectivity index (χ2v) is 11.2. The fourth-order valence-corrected chi connectivity index (χ4v) is 5.46. The molecule has 186 valence electrons. The first-order valence-corrected chi connectivity index (χ1v) is 13.7. The first-order valence-electron chi connectivity index (χ1n) is 11.9. The minimum Gasteiger partial charge on any atom is -0.458 e. The van der Waals surface area contributed by atoms with Crippen LogP contribution in [-0.4, -0.2) is 61.8 Å². The van der Waals surface area contributed by atoms with E-state index in [1.165, 1.54) is 16.2 Å². The largest absolute Gasteiger partial charge is 0.458 e. The van der Waals surface area contributed by atoms with E-state index in [2.05, 4.69) is 27.3 Å². The third-order valence-electron chi connectivity index (χ3n) is 6.79. The van der Waals surface area contributed by atoms with Crippen LogP contribution in [0, 0.1) is 6.92 Å². The van der Waals surface area contributed by atoms with Gasteiger partial charge in [-0.25, -0.2) is 18.4 Å². The SMILES string of the molecule is COC1CCN(c2ccc(Nc3ncc(C)c(-c4cc5c(o4)CN(S(C)(=O)=O)CC5)n3)cc2)CC1. The van der Waals surface area contributed by atoms with Gasteiger partial charge < -0.3 is 19.4 Å². The monoisotopic (exact) mass is 497 g/mol. The topological polar surface area (TPSA) is 101 Å². The van der Waals surface area contributed by atoms with Crippen molar-refractivity contribution in [3.8, 4) is 11.5 Å². The summed E-state index contributed by atoms with van der Waals surface area (Å²) in [6.07, 6.45) is 6.06. The van der Waals surface area contributed by atoms with Gasteiger partial charge in [0.25, 0.3) is 0 Å². The zero-order chi connectivity index (χ0) is 24.6. The van der Waals surface area contributed by atoms with Crippen LogP contribution >= 0.6 is 0 Å². The molecule has 0 atom stereocenters. The Kier molecular flexibility index (Phi) is 6.52. The lowest BCUT2D eigenvalue weighted by atomic mass is 10.1. The van der Waals surface area contributed by atoms with Gasteiger partial charge in [0, 0.05) is 44.3 Å². The van der Waals surface area contributed by atoms with Crippen molar-refractivity contribution >= 4 is 27.3 Å². The number of fused-ring (bicyclic) bond motifs is 1. The molecule has 1 saturated heterocycles. The molecule has 0 bridgehead atoms. The van der Waals surface area contributed by atoms with E-state index in [1.807, 2.05) is 25.1 Å². The van der Waals surface area contributed by atoms with Gasteiger partial charge in [0.1, 0.15) is 11.5 Å². The number of aromatic nitrogens is 2. The third kappa shape index (κ3) is 5.19. The van der Waals surface area contributed by atoms with E-state index in [-0.39, 0.29) is 6.54 Å². The molecular formula is C25H31N5O4S. The van der Waals surface area contributed by atoms with Crippen LogP contribution < -0.4 is 10.2 Å². The minimum atomic E-state index is -3.26. The summed E-state index contributed by atoms with van der Waals surface area (Å²) in [6.45, 7) is 4.63. The van der Waals surface area contributed by atoms with Crippen LogP contribution in [0.15, 0.2) is 40.9 Å². The van der Waals surface area contributed by atoms with E-state index in [1.54, 1.807) is 13.3 Å². The van der Waals surface area contributed by atoms with Crippen molar-refractivity contribution in [1.29, 1.82) is 0 Å². The molecule has 5 rings (SSSR count). The predicted molar refractivity (Wildman–Crippen MR) is 135 cm³/mol. The van der Waals surface area contributed by atoms with Gasteiger partial charge in [-0.2, -0.15) is 4.31 Å². The number of ether oxygens (including phenoxy) is 1. The molecule has 0 radical (unpaired) electrons. The van der Waals surface area contributed by atoms with Crippen molar-refractivity contribution < 1.29 is 17.6 Å². The van der Waals surface area contributed by atoms with Crippen LogP contribution in [0.1, 0.15) is 29.7 Å². The van der Waals surface area contributed by atoms with Gasteiger partial charge in [-0.1, -0.05) is 0 Å². The number of hydrogen-bond donors (Lipinski definition) is 1. The van der Waals surface area contributed by atoms with Crippen LogP contribution in [0.25, 0.3) is 11.5 Å². The quantitative estimate of drug-likeness (QED) is 0.550. The zero-order valence-corrected chi connectivity index (χ0v) is 21.1. The first kappa shape index (κ1) is 23.8. The highest BCUT2D eigenvalue weighted by Gasteiger charge is 2.27. The Balaban J connectivity index is 1.30. The highest BCUT2D eigenvalue weighted by molar-refractivity contribution is 7.88. The van der Waals surface area contributed by atoms with E-state index < -0.39 is 10.0 Å². The maximum atomic E-state index is 11.9. The number of rotatable bonds is 6. The molecule has 0 amide bonds. The molecule has 0 spiro atoms. The van der Waals surface area contributed by atoms with Gasteiger partial charge in [-0.3, -0.25) is 0 Å². The third-order valence-corrected chi connectivity index (χ3v) is 8.03. The number of aryl methyl sites for hydroxylation is 1. The molecule has 2 aliphatic heterocycles. The molecule has 1 fully saturated rings. The summed E-state index contributed by atoms with van der Waals surface area (Å²) >= 11 is 0.